The van der Waals surface area contributed by atoms with Crippen LogP contribution in [-0.2, 0) is 22.6 Å². The molecule has 164 valence electrons. The first-order valence-corrected chi connectivity index (χ1v) is 10.5. The Hall–Kier alpha value is -3.40. The summed E-state index contributed by atoms with van der Waals surface area (Å²) in [6, 6.07) is 5.58. The fourth-order valence-electron chi connectivity index (χ4n) is 2.96. The maximum absolute atomic E-state index is 12.1. The summed E-state index contributed by atoms with van der Waals surface area (Å²) in [5.41, 5.74) is 1.23. The van der Waals surface area contributed by atoms with Gasteiger partial charge in [-0.15, -0.1) is 11.3 Å². The molecule has 0 bridgehead atoms. The van der Waals surface area contributed by atoms with E-state index in [0.717, 1.165) is 10.6 Å². The summed E-state index contributed by atoms with van der Waals surface area (Å²) in [5, 5.41) is 2.59. The standard InChI is InChI=1S/C21H23N3O6S/c1-4-29-16-7-5-13(9-17(16)28-3)20-23-14(11-31-20)10-30-18(25)8-6-15-12(2)22-21(27)24-19(15)26/h5,7,9,11H,4,6,8,10H2,1-3H3,(H2,22,24,26,27). The van der Waals surface area contributed by atoms with Crippen molar-refractivity contribution >= 4 is 17.3 Å². The number of H-pyrrole nitrogens is 2. The van der Waals surface area contributed by atoms with Crippen molar-refractivity contribution in [1.82, 2.24) is 15.0 Å². The quantitative estimate of drug-likeness (QED) is 0.485. The highest BCUT2D eigenvalue weighted by molar-refractivity contribution is 7.13. The van der Waals surface area contributed by atoms with Gasteiger partial charge in [0.2, 0.25) is 0 Å². The molecule has 1 aromatic carbocycles. The van der Waals surface area contributed by atoms with E-state index in [4.69, 9.17) is 14.2 Å². The highest BCUT2D eigenvalue weighted by atomic mass is 32.1. The van der Waals surface area contributed by atoms with Crippen molar-refractivity contribution in [2.75, 3.05) is 13.7 Å². The maximum atomic E-state index is 12.1. The molecule has 0 aliphatic rings. The first-order chi connectivity index (χ1) is 14.9. The number of aromatic amines is 2. The number of methoxy groups -OCH3 is 1. The number of thiazole rings is 1. The van der Waals surface area contributed by atoms with Gasteiger partial charge in [-0.3, -0.25) is 14.6 Å². The van der Waals surface area contributed by atoms with E-state index in [2.05, 4.69) is 15.0 Å². The minimum absolute atomic E-state index is 0.0169. The number of ether oxygens (including phenoxy) is 3. The van der Waals surface area contributed by atoms with E-state index >= 15 is 0 Å². The number of carbonyl (C=O) groups is 1. The molecule has 3 aromatic rings. The van der Waals surface area contributed by atoms with E-state index < -0.39 is 17.2 Å². The lowest BCUT2D eigenvalue weighted by Crippen LogP contribution is -2.27. The Morgan fingerprint density at radius 3 is 2.71 bits per heavy atom. The van der Waals surface area contributed by atoms with Gasteiger partial charge in [0.1, 0.15) is 11.6 Å². The van der Waals surface area contributed by atoms with E-state index in [-0.39, 0.29) is 19.4 Å². The van der Waals surface area contributed by atoms with Crippen LogP contribution in [0.2, 0.25) is 0 Å². The van der Waals surface area contributed by atoms with E-state index in [1.807, 2.05) is 30.5 Å². The molecular weight excluding hydrogens is 422 g/mol. The van der Waals surface area contributed by atoms with Crippen LogP contribution in [0.3, 0.4) is 0 Å². The summed E-state index contributed by atoms with van der Waals surface area (Å²) in [5.74, 6) is 0.827. The second-order valence-corrected chi connectivity index (χ2v) is 7.47. The third-order valence-electron chi connectivity index (χ3n) is 4.48. The molecule has 0 amide bonds. The van der Waals surface area contributed by atoms with Crippen molar-refractivity contribution in [2.24, 2.45) is 0 Å². The van der Waals surface area contributed by atoms with Crippen LogP contribution in [0, 0.1) is 6.92 Å². The minimum atomic E-state index is -0.571. The van der Waals surface area contributed by atoms with Gasteiger partial charge in [0.25, 0.3) is 5.56 Å². The monoisotopic (exact) mass is 445 g/mol. The maximum Gasteiger partial charge on any atom is 0.325 e. The number of aromatic nitrogens is 3. The number of carbonyl (C=O) groups excluding carboxylic acids is 1. The predicted octanol–water partition coefficient (Wildman–Crippen LogP) is 2.58. The van der Waals surface area contributed by atoms with Gasteiger partial charge in [-0.25, -0.2) is 9.78 Å². The molecule has 0 aliphatic heterocycles. The zero-order valence-electron chi connectivity index (χ0n) is 17.4. The summed E-state index contributed by atoms with van der Waals surface area (Å²) < 4.78 is 16.2. The molecule has 0 radical (unpaired) electrons. The number of nitrogens with zero attached hydrogens (tertiary/aromatic N) is 1. The predicted molar refractivity (Wildman–Crippen MR) is 116 cm³/mol. The van der Waals surface area contributed by atoms with Gasteiger partial charge in [0.15, 0.2) is 11.5 Å². The van der Waals surface area contributed by atoms with Crippen LogP contribution in [-0.4, -0.2) is 34.6 Å². The lowest BCUT2D eigenvalue weighted by atomic mass is 10.1. The van der Waals surface area contributed by atoms with Gasteiger partial charge in [-0.2, -0.15) is 0 Å². The van der Waals surface area contributed by atoms with E-state index in [9.17, 15) is 14.4 Å². The van der Waals surface area contributed by atoms with Crippen LogP contribution in [0.4, 0.5) is 0 Å². The molecule has 0 saturated heterocycles. The van der Waals surface area contributed by atoms with Gasteiger partial charge < -0.3 is 19.2 Å². The van der Waals surface area contributed by atoms with Crippen molar-refractivity contribution in [1.29, 1.82) is 0 Å². The van der Waals surface area contributed by atoms with Crippen LogP contribution in [0.15, 0.2) is 33.2 Å². The van der Waals surface area contributed by atoms with Gasteiger partial charge in [0, 0.05) is 28.6 Å². The summed E-state index contributed by atoms with van der Waals surface area (Å²) in [4.78, 5) is 44.3. The van der Waals surface area contributed by atoms with Gasteiger partial charge >= 0.3 is 11.7 Å². The van der Waals surface area contributed by atoms with Crippen LogP contribution >= 0.6 is 11.3 Å². The summed E-state index contributed by atoms with van der Waals surface area (Å²) >= 11 is 1.43. The average Bonchev–Trinajstić information content (AvgIpc) is 3.21. The van der Waals surface area contributed by atoms with Gasteiger partial charge in [0.05, 0.1) is 19.4 Å². The number of nitrogens with one attached hydrogen (secondary N) is 2. The molecule has 0 aliphatic carbocycles. The lowest BCUT2D eigenvalue weighted by Gasteiger charge is -2.09. The molecule has 9 nitrogen and oxygen atoms in total. The van der Waals surface area contributed by atoms with Crippen molar-refractivity contribution in [2.45, 2.75) is 33.3 Å². The fraction of sp³-hybridized carbons (Fsp3) is 0.333. The smallest absolute Gasteiger partial charge is 0.325 e. The Kier molecular flexibility index (Phi) is 7.24. The zero-order valence-corrected chi connectivity index (χ0v) is 18.3. The van der Waals surface area contributed by atoms with Crippen LogP contribution in [0.1, 0.15) is 30.3 Å². The molecule has 0 fully saturated rings. The van der Waals surface area contributed by atoms with Crippen LogP contribution in [0.25, 0.3) is 10.6 Å². The zero-order chi connectivity index (χ0) is 22.4. The minimum Gasteiger partial charge on any atom is -0.493 e. The SMILES string of the molecule is CCOc1ccc(-c2nc(COC(=O)CCc3c(C)[nH]c(=O)[nH]c3=O)cs2)cc1OC. The van der Waals surface area contributed by atoms with Gasteiger partial charge in [-0.05, 0) is 38.5 Å². The molecular formula is C21H23N3O6S. The first kappa shape index (κ1) is 22.3. The largest absolute Gasteiger partial charge is 0.493 e. The van der Waals surface area contributed by atoms with Gasteiger partial charge in [-0.1, -0.05) is 0 Å². The number of aryl methyl sites for hydroxylation is 1. The van der Waals surface area contributed by atoms with Crippen molar-refractivity contribution in [3.05, 3.63) is 61.4 Å². The lowest BCUT2D eigenvalue weighted by molar-refractivity contribution is -0.145. The second kappa shape index (κ2) is 10.1. The normalized spacial score (nSPS) is 10.7. The van der Waals surface area contributed by atoms with Crippen molar-refractivity contribution < 1.29 is 19.0 Å². The summed E-state index contributed by atoms with van der Waals surface area (Å²) in [7, 11) is 1.58. The molecule has 3 rings (SSSR count). The number of benzene rings is 1. The Morgan fingerprint density at radius 1 is 1.19 bits per heavy atom. The topological polar surface area (TPSA) is 123 Å². The van der Waals surface area contributed by atoms with E-state index in [1.54, 1.807) is 14.0 Å². The molecule has 31 heavy (non-hydrogen) atoms. The Balaban J connectivity index is 1.58. The molecule has 2 N–H and O–H groups in total. The molecule has 10 heteroatoms. The third kappa shape index (κ3) is 5.60. The summed E-state index contributed by atoms with van der Waals surface area (Å²) in [6.45, 7) is 4.09. The number of hydrogen-bond donors (Lipinski definition) is 2. The highest BCUT2D eigenvalue weighted by Crippen LogP contribution is 2.33. The fourth-order valence-corrected chi connectivity index (χ4v) is 3.76. The van der Waals surface area contributed by atoms with E-state index in [0.29, 0.717) is 35.1 Å². The molecule has 0 saturated carbocycles. The Morgan fingerprint density at radius 2 is 2.00 bits per heavy atom. The van der Waals surface area contributed by atoms with Crippen molar-refractivity contribution in [3.8, 4) is 22.1 Å². The average molecular weight is 445 g/mol. The van der Waals surface area contributed by atoms with Crippen LogP contribution < -0.4 is 20.7 Å². The number of esters is 1. The Labute approximate surface area is 182 Å². The van der Waals surface area contributed by atoms with E-state index in [1.165, 1.54) is 11.3 Å². The molecule has 2 aromatic heterocycles. The van der Waals surface area contributed by atoms with Crippen LogP contribution in [0.5, 0.6) is 11.5 Å². The Bertz CT molecular complexity index is 1180. The summed E-state index contributed by atoms with van der Waals surface area (Å²) in [6.07, 6.45) is 0.189. The third-order valence-corrected chi connectivity index (χ3v) is 5.42. The first-order valence-electron chi connectivity index (χ1n) is 9.64. The molecule has 0 spiro atoms. The number of rotatable bonds is 9. The molecule has 0 unspecified atom stereocenters. The second-order valence-electron chi connectivity index (χ2n) is 6.62. The number of hydrogen-bond acceptors (Lipinski definition) is 8. The molecule has 2 heterocycles. The molecule has 0 atom stereocenters. The van der Waals surface area contributed by atoms with Crippen molar-refractivity contribution in [3.63, 3.8) is 0 Å². The highest BCUT2D eigenvalue weighted by Gasteiger charge is 2.13.